The number of rotatable bonds is 5. The molecule has 1 fully saturated rings. The number of aromatic nitrogens is 2. The molecular formula is C15H17ClFN5O2. The van der Waals surface area contributed by atoms with E-state index in [4.69, 9.17) is 21.6 Å². The van der Waals surface area contributed by atoms with Crippen molar-refractivity contribution in [2.75, 3.05) is 24.7 Å². The molecule has 3 rings (SSSR count). The molecule has 1 aliphatic heterocycles. The topological polar surface area (TPSA) is 89.5 Å². The van der Waals surface area contributed by atoms with E-state index in [1.54, 1.807) is 0 Å². The summed E-state index contributed by atoms with van der Waals surface area (Å²) >= 11 is 5.71. The number of hydrogen-bond donors (Lipinski definition) is 2. The third-order valence-corrected chi connectivity index (χ3v) is 4.29. The van der Waals surface area contributed by atoms with Crippen molar-refractivity contribution in [1.29, 1.82) is 5.41 Å². The monoisotopic (exact) mass is 353 g/mol. The van der Waals surface area contributed by atoms with Crippen LogP contribution in [0.15, 0.2) is 22.8 Å². The van der Waals surface area contributed by atoms with Crippen molar-refractivity contribution < 1.29 is 14.2 Å². The molecule has 2 N–H and O–H groups in total. The summed E-state index contributed by atoms with van der Waals surface area (Å²) in [6.07, 6.45) is 2.95. The zero-order valence-corrected chi connectivity index (χ0v) is 13.6. The first-order valence-corrected chi connectivity index (χ1v) is 8.01. The van der Waals surface area contributed by atoms with Crippen LogP contribution in [-0.4, -0.2) is 45.9 Å². The number of nitrogens with zero attached hydrogens (tertiary/aromatic N) is 4. The second-order valence-corrected chi connectivity index (χ2v) is 6.02. The van der Waals surface area contributed by atoms with Gasteiger partial charge in [0.1, 0.15) is 11.5 Å². The summed E-state index contributed by atoms with van der Waals surface area (Å²) in [6, 6.07) is 3.65. The minimum absolute atomic E-state index is 0.146. The Hall–Kier alpha value is -2.03. The van der Waals surface area contributed by atoms with Gasteiger partial charge >= 0.3 is 0 Å². The SMILES string of the molecule is N=C(c1nonc1CCN1CCCC1)N(O)c1ccc(F)c(Cl)c1. The molecule has 0 saturated carbocycles. The first-order chi connectivity index (χ1) is 11.6. The molecule has 7 nitrogen and oxygen atoms in total. The second kappa shape index (κ2) is 7.25. The Labute approximate surface area is 143 Å². The van der Waals surface area contributed by atoms with Crippen molar-refractivity contribution in [1.82, 2.24) is 15.2 Å². The standard InChI is InChI=1S/C15H17ClFN5O2/c16-11-9-10(3-4-12(11)17)22(23)15(18)14-13(19-24-20-14)5-8-21-6-1-2-7-21/h3-4,9,18,23H,1-2,5-8H2. The summed E-state index contributed by atoms with van der Waals surface area (Å²) in [5.74, 6) is -0.912. The molecule has 0 aliphatic carbocycles. The molecule has 0 spiro atoms. The molecule has 0 amide bonds. The largest absolute Gasteiger partial charge is 0.303 e. The summed E-state index contributed by atoms with van der Waals surface area (Å²) in [4.78, 5) is 2.30. The highest BCUT2D eigenvalue weighted by molar-refractivity contribution is 6.31. The number of halogens is 2. The van der Waals surface area contributed by atoms with Crippen LogP contribution < -0.4 is 5.06 Å². The predicted octanol–water partition coefficient (Wildman–Crippen LogP) is 2.72. The van der Waals surface area contributed by atoms with Crippen LogP contribution >= 0.6 is 11.6 Å². The Morgan fingerprint density at radius 1 is 1.38 bits per heavy atom. The number of nitrogens with one attached hydrogen (secondary N) is 1. The molecule has 0 atom stereocenters. The molecule has 128 valence electrons. The van der Waals surface area contributed by atoms with Crippen molar-refractivity contribution in [2.45, 2.75) is 19.3 Å². The minimum atomic E-state index is -0.602. The van der Waals surface area contributed by atoms with Gasteiger partial charge in [0.05, 0.1) is 10.7 Å². The van der Waals surface area contributed by atoms with Crippen LogP contribution in [0, 0.1) is 11.2 Å². The summed E-state index contributed by atoms with van der Waals surface area (Å²) in [6.45, 7) is 2.90. The van der Waals surface area contributed by atoms with Gasteiger partial charge in [0.2, 0.25) is 0 Å². The smallest absolute Gasteiger partial charge is 0.181 e. The lowest BCUT2D eigenvalue weighted by Crippen LogP contribution is -2.29. The fourth-order valence-electron chi connectivity index (χ4n) is 2.67. The first-order valence-electron chi connectivity index (χ1n) is 7.63. The summed E-state index contributed by atoms with van der Waals surface area (Å²) in [5.41, 5.74) is 0.802. The molecule has 0 radical (unpaired) electrons. The lowest BCUT2D eigenvalue weighted by atomic mass is 10.2. The molecule has 24 heavy (non-hydrogen) atoms. The maximum atomic E-state index is 13.2. The van der Waals surface area contributed by atoms with Crippen LogP contribution in [0.5, 0.6) is 0 Å². The third-order valence-electron chi connectivity index (χ3n) is 4.00. The van der Waals surface area contributed by atoms with Gasteiger partial charge in [-0.1, -0.05) is 16.8 Å². The summed E-state index contributed by atoms with van der Waals surface area (Å²) in [5, 5.41) is 26.3. The molecule has 1 aromatic heterocycles. The molecule has 1 aromatic carbocycles. The molecular weight excluding hydrogens is 337 g/mol. The van der Waals surface area contributed by atoms with E-state index in [2.05, 4.69) is 15.2 Å². The fourth-order valence-corrected chi connectivity index (χ4v) is 2.84. The van der Waals surface area contributed by atoms with E-state index in [0.29, 0.717) is 17.2 Å². The van der Waals surface area contributed by atoms with E-state index in [9.17, 15) is 9.60 Å². The van der Waals surface area contributed by atoms with Crippen LogP contribution in [0.25, 0.3) is 0 Å². The first kappa shape index (κ1) is 16.8. The van der Waals surface area contributed by atoms with Crippen molar-refractivity contribution in [3.8, 4) is 0 Å². The number of amidine groups is 1. The molecule has 0 unspecified atom stereocenters. The number of likely N-dealkylation sites (tertiary alicyclic amines) is 1. The van der Waals surface area contributed by atoms with Crippen LogP contribution in [0.4, 0.5) is 10.1 Å². The number of benzene rings is 1. The molecule has 9 heteroatoms. The van der Waals surface area contributed by atoms with E-state index < -0.39 is 5.82 Å². The number of hydroxylamine groups is 1. The van der Waals surface area contributed by atoms with Gasteiger partial charge < -0.3 is 4.90 Å². The highest BCUT2D eigenvalue weighted by atomic mass is 35.5. The van der Waals surface area contributed by atoms with E-state index in [1.165, 1.54) is 25.0 Å². The van der Waals surface area contributed by atoms with Gasteiger partial charge in [-0.05, 0) is 49.3 Å². The zero-order valence-electron chi connectivity index (χ0n) is 12.9. The zero-order chi connectivity index (χ0) is 17.1. The molecule has 2 heterocycles. The second-order valence-electron chi connectivity index (χ2n) is 5.62. The quantitative estimate of drug-likeness (QED) is 0.488. The van der Waals surface area contributed by atoms with Crippen molar-refractivity contribution >= 4 is 23.1 Å². The van der Waals surface area contributed by atoms with E-state index >= 15 is 0 Å². The maximum absolute atomic E-state index is 13.2. The van der Waals surface area contributed by atoms with E-state index in [-0.39, 0.29) is 22.2 Å². The van der Waals surface area contributed by atoms with Crippen molar-refractivity contribution in [2.24, 2.45) is 0 Å². The van der Waals surface area contributed by atoms with Gasteiger partial charge in [-0.25, -0.2) is 14.1 Å². The maximum Gasteiger partial charge on any atom is 0.181 e. The van der Waals surface area contributed by atoms with Crippen LogP contribution in [0.2, 0.25) is 5.02 Å². The van der Waals surface area contributed by atoms with Gasteiger partial charge in [0.15, 0.2) is 11.5 Å². The Morgan fingerprint density at radius 3 is 2.83 bits per heavy atom. The highest BCUT2D eigenvalue weighted by Crippen LogP contribution is 2.23. The molecule has 2 aromatic rings. The average molecular weight is 354 g/mol. The number of hydrogen-bond acceptors (Lipinski definition) is 6. The highest BCUT2D eigenvalue weighted by Gasteiger charge is 2.22. The minimum Gasteiger partial charge on any atom is -0.303 e. The fraction of sp³-hybridized carbons (Fsp3) is 0.400. The van der Waals surface area contributed by atoms with Crippen LogP contribution in [0.3, 0.4) is 0 Å². The lowest BCUT2D eigenvalue weighted by molar-refractivity contribution is 0.294. The Morgan fingerprint density at radius 2 is 2.12 bits per heavy atom. The summed E-state index contributed by atoms with van der Waals surface area (Å²) < 4.78 is 17.9. The van der Waals surface area contributed by atoms with Gasteiger partial charge in [0, 0.05) is 13.0 Å². The normalized spacial score (nSPS) is 15.0. The van der Waals surface area contributed by atoms with Gasteiger partial charge in [-0.3, -0.25) is 10.6 Å². The van der Waals surface area contributed by atoms with E-state index in [1.807, 2.05) is 0 Å². The van der Waals surface area contributed by atoms with Crippen molar-refractivity contribution in [3.63, 3.8) is 0 Å². The van der Waals surface area contributed by atoms with Gasteiger partial charge in [-0.2, -0.15) is 0 Å². The predicted molar refractivity (Wildman–Crippen MR) is 86.2 cm³/mol. The van der Waals surface area contributed by atoms with Crippen molar-refractivity contribution in [3.05, 3.63) is 40.4 Å². The molecule has 1 saturated heterocycles. The average Bonchev–Trinajstić information content (AvgIpc) is 3.25. The Kier molecular flexibility index (Phi) is 5.08. The van der Waals surface area contributed by atoms with Crippen LogP contribution in [0.1, 0.15) is 24.2 Å². The van der Waals surface area contributed by atoms with Gasteiger partial charge in [0.25, 0.3) is 0 Å². The molecule has 0 bridgehead atoms. The van der Waals surface area contributed by atoms with E-state index in [0.717, 1.165) is 25.7 Å². The van der Waals surface area contributed by atoms with Gasteiger partial charge in [-0.15, -0.1) is 0 Å². The Bertz CT molecular complexity index is 732. The third kappa shape index (κ3) is 3.55. The lowest BCUT2D eigenvalue weighted by Gasteiger charge is -2.17. The molecule has 1 aliphatic rings. The Balaban J connectivity index is 1.72. The summed E-state index contributed by atoms with van der Waals surface area (Å²) in [7, 11) is 0. The van der Waals surface area contributed by atoms with Crippen LogP contribution in [-0.2, 0) is 6.42 Å². The number of anilines is 1.